The van der Waals surface area contributed by atoms with Crippen LogP contribution in [0.2, 0.25) is 5.02 Å². The number of rotatable bonds is 8. The summed E-state index contributed by atoms with van der Waals surface area (Å²) < 4.78 is 11.0. The lowest BCUT2D eigenvalue weighted by molar-refractivity contribution is -0.114. The number of thioether (sulfide) groups is 1. The lowest BCUT2D eigenvalue weighted by Crippen LogP contribution is -2.31. The Kier molecular flexibility index (Phi) is 8.23. The SMILES string of the molecule is COc1ccccc1NC(=O)C1=C(C)NC(SCC(=O)Nc2cccc(Cl)c2)=C(C#N)[C@H]1c1ccco1. The van der Waals surface area contributed by atoms with Crippen LogP contribution in [0.5, 0.6) is 5.75 Å². The van der Waals surface area contributed by atoms with Crippen LogP contribution in [0.4, 0.5) is 11.4 Å². The van der Waals surface area contributed by atoms with Gasteiger partial charge in [0.1, 0.15) is 11.5 Å². The summed E-state index contributed by atoms with van der Waals surface area (Å²) in [6.45, 7) is 1.74. The van der Waals surface area contributed by atoms with E-state index in [4.69, 9.17) is 20.8 Å². The number of nitriles is 1. The van der Waals surface area contributed by atoms with Gasteiger partial charge in [0.2, 0.25) is 5.91 Å². The van der Waals surface area contributed by atoms with E-state index < -0.39 is 11.8 Å². The number of carbonyl (C=O) groups is 2. The van der Waals surface area contributed by atoms with Crippen molar-refractivity contribution in [2.24, 2.45) is 0 Å². The summed E-state index contributed by atoms with van der Waals surface area (Å²) in [6.07, 6.45) is 1.49. The number of carbonyl (C=O) groups excluding carboxylic acids is 2. The van der Waals surface area contributed by atoms with E-state index in [9.17, 15) is 14.9 Å². The van der Waals surface area contributed by atoms with Crippen LogP contribution in [-0.4, -0.2) is 24.7 Å². The number of ether oxygens (including phenoxy) is 1. The van der Waals surface area contributed by atoms with Crippen LogP contribution in [0.1, 0.15) is 18.6 Å². The molecule has 1 atom stereocenters. The molecule has 0 saturated carbocycles. The van der Waals surface area contributed by atoms with Crippen LogP contribution in [0.25, 0.3) is 0 Å². The van der Waals surface area contributed by atoms with Gasteiger partial charge in [-0.05, 0) is 49.4 Å². The van der Waals surface area contributed by atoms with Crippen LogP contribution >= 0.6 is 23.4 Å². The lowest BCUT2D eigenvalue weighted by Gasteiger charge is -2.28. The Balaban J connectivity index is 1.59. The molecular formula is C27H23ClN4O4S. The molecule has 4 rings (SSSR count). The van der Waals surface area contributed by atoms with Crippen LogP contribution in [0.3, 0.4) is 0 Å². The van der Waals surface area contributed by atoms with Crippen molar-refractivity contribution in [3.8, 4) is 11.8 Å². The van der Waals surface area contributed by atoms with E-state index in [0.717, 1.165) is 11.8 Å². The Bertz CT molecular complexity index is 1430. The molecule has 37 heavy (non-hydrogen) atoms. The second-order valence-electron chi connectivity index (χ2n) is 7.97. The molecule has 1 aliphatic heterocycles. The van der Waals surface area contributed by atoms with Gasteiger partial charge in [0.05, 0.1) is 53.0 Å². The van der Waals surface area contributed by atoms with E-state index in [-0.39, 0.29) is 17.2 Å². The summed E-state index contributed by atoms with van der Waals surface area (Å²) in [5.74, 6) is -0.480. The fourth-order valence-corrected chi connectivity index (χ4v) is 4.99. The first kappa shape index (κ1) is 25.9. The number of nitrogens with one attached hydrogen (secondary N) is 3. The predicted molar refractivity (Wildman–Crippen MR) is 144 cm³/mol. The molecular weight excluding hydrogens is 512 g/mol. The van der Waals surface area contributed by atoms with Gasteiger partial charge in [-0.1, -0.05) is 41.6 Å². The number of hydrogen-bond donors (Lipinski definition) is 3. The Labute approximate surface area is 223 Å². The molecule has 0 saturated heterocycles. The fourth-order valence-electron chi connectivity index (χ4n) is 3.91. The lowest BCUT2D eigenvalue weighted by atomic mass is 9.85. The van der Waals surface area contributed by atoms with Gasteiger partial charge in [0.15, 0.2) is 0 Å². The van der Waals surface area contributed by atoms with Crippen LogP contribution in [0.15, 0.2) is 93.2 Å². The molecule has 2 amide bonds. The zero-order chi connectivity index (χ0) is 26.4. The third kappa shape index (κ3) is 6.00. The van der Waals surface area contributed by atoms with Gasteiger partial charge in [0, 0.05) is 16.4 Å². The molecule has 2 heterocycles. The van der Waals surface area contributed by atoms with E-state index in [1.165, 1.54) is 13.4 Å². The zero-order valence-corrected chi connectivity index (χ0v) is 21.6. The Morgan fingerprint density at radius 1 is 1.16 bits per heavy atom. The average Bonchev–Trinajstić information content (AvgIpc) is 3.42. The summed E-state index contributed by atoms with van der Waals surface area (Å²) in [5.41, 5.74) is 2.19. The Hall–Kier alpha value is -4.13. The Morgan fingerprint density at radius 3 is 2.68 bits per heavy atom. The van der Waals surface area contributed by atoms with Crippen molar-refractivity contribution < 1.29 is 18.7 Å². The normalized spacial score (nSPS) is 15.0. The molecule has 0 unspecified atom stereocenters. The quantitative estimate of drug-likeness (QED) is 0.342. The maximum absolute atomic E-state index is 13.5. The molecule has 3 aromatic rings. The van der Waals surface area contributed by atoms with E-state index in [1.54, 1.807) is 67.6 Å². The van der Waals surface area contributed by atoms with E-state index >= 15 is 0 Å². The number of para-hydroxylation sites is 2. The van der Waals surface area contributed by atoms with E-state index in [0.29, 0.717) is 44.2 Å². The molecule has 0 bridgehead atoms. The molecule has 0 aliphatic carbocycles. The van der Waals surface area contributed by atoms with Gasteiger partial charge in [0.25, 0.3) is 5.91 Å². The minimum Gasteiger partial charge on any atom is -0.495 e. The molecule has 0 spiro atoms. The van der Waals surface area contributed by atoms with Crippen molar-refractivity contribution >= 4 is 46.6 Å². The number of dihydropyridines is 1. The minimum absolute atomic E-state index is 0.0287. The number of nitrogens with zero attached hydrogens (tertiary/aromatic N) is 1. The van der Waals surface area contributed by atoms with Gasteiger partial charge in [-0.2, -0.15) is 5.26 Å². The largest absolute Gasteiger partial charge is 0.495 e. The monoisotopic (exact) mass is 534 g/mol. The van der Waals surface area contributed by atoms with Gasteiger partial charge >= 0.3 is 0 Å². The van der Waals surface area contributed by atoms with Gasteiger partial charge in [-0.25, -0.2) is 0 Å². The smallest absolute Gasteiger partial charge is 0.254 e. The van der Waals surface area contributed by atoms with E-state index in [2.05, 4.69) is 22.0 Å². The first-order valence-electron chi connectivity index (χ1n) is 11.2. The summed E-state index contributed by atoms with van der Waals surface area (Å²) in [5, 5.41) is 19.9. The summed E-state index contributed by atoms with van der Waals surface area (Å²) in [4.78, 5) is 26.1. The first-order valence-corrected chi connectivity index (χ1v) is 12.6. The molecule has 8 nitrogen and oxygen atoms in total. The molecule has 0 radical (unpaired) electrons. The van der Waals surface area contributed by atoms with Gasteiger partial charge < -0.3 is 25.1 Å². The molecule has 2 aromatic carbocycles. The van der Waals surface area contributed by atoms with E-state index in [1.807, 2.05) is 0 Å². The maximum Gasteiger partial charge on any atom is 0.254 e. The second kappa shape index (κ2) is 11.7. The second-order valence-corrected chi connectivity index (χ2v) is 9.39. The van der Waals surface area contributed by atoms with Gasteiger partial charge in [-0.3, -0.25) is 9.59 Å². The number of methoxy groups -OCH3 is 1. The summed E-state index contributed by atoms with van der Waals surface area (Å²) in [7, 11) is 1.52. The van der Waals surface area contributed by atoms with Crippen molar-refractivity contribution in [1.82, 2.24) is 5.32 Å². The predicted octanol–water partition coefficient (Wildman–Crippen LogP) is 5.65. The van der Waals surface area contributed by atoms with Crippen LogP contribution < -0.4 is 20.7 Å². The third-order valence-corrected chi connectivity index (χ3v) is 6.78. The van der Waals surface area contributed by atoms with Crippen molar-refractivity contribution in [1.29, 1.82) is 5.26 Å². The third-order valence-electron chi connectivity index (χ3n) is 5.53. The number of anilines is 2. The number of amides is 2. The van der Waals surface area contributed by atoms with Crippen LogP contribution in [0, 0.1) is 11.3 Å². The van der Waals surface area contributed by atoms with Crippen molar-refractivity contribution in [3.63, 3.8) is 0 Å². The molecule has 1 aromatic heterocycles. The van der Waals surface area contributed by atoms with Crippen molar-refractivity contribution in [3.05, 3.63) is 99.6 Å². The number of halogens is 1. The van der Waals surface area contributed by atoms with Crippen molar-refractivity contribution in [2.75, 3.05) is 23.5 Å². The minimum atomic E-state index is -0.769. The highest BCUT2D eigenvalue weighted by Gasteiger charge is 2.36. The first-order chi connectivity index (χ1) is 17.9. The van der Waals surface area contributed by atoms with Gasteiger partial charge in [-0.15, -0.1) is 0 Å². The van der Waals surface area contributed by atoms with Crippen LogP contribution in [-0.2, 0) is 9.59 Å². The summed E-state index contributed by atoms with van der Waals surface area (Å²) >= 11 is 7.15. The topological polar surface area (TPSA) is 116 Å². The van der Waals surface area contributed by atoms with Crippen molar-refractivity contribution in [2.45, 2.75) is 12.8 Å². The molecule has 188 valence electrons. The standard InChI is InChI=1S/C27H23ClN4O4S/c1-16-24(26(34)32-20-9-3-4-10-21(20)35-2)25(22-11-6-12-36-22)19(14-29)27(30-16)37-15-23(33)31-18-8-5-7-17(28)13-18/h3-13,25,30H,15H2,1-2H3,(H,31,33)(H,32,34)/t25-/m0/s1. The number of allylic oxidation sites excluding steroid dienone is 2. The summed E-state index contributed by atoms with van der Waals surface area (Å²) in [6, 6.07) is 19.5. The highest BCUT2D eigenvalue weighted by molar-refractivity contribution is 8.03. The molecule has 3 N–H and O–H groups in total. The highest BCUT2D eigenvalue weighted by atomic mass is 35.5. The Morgan fingerprint density at radius 2 is 1.97 bits per heavy atom. The molecule has 0 fully saturated rings. The number of benzene rings is 2. The maximum atomic E-state index is 13.5. The molecule has 1 aliphatic rings. The highest BCUT2D eigenvalue weighted by Crippen LogP contribution is 2.41. The fraction of sp³-hybridized carbons (Fsp3) is 0.148. The number of hydrogen-bond acceptors (Lipinski definition) is 7. The zero-order valence-electron chi connectivity index (χ0n) is 20.0. The average molecular weight is 535 g/mol. The molecule has 10 heteroatoms. The number of furan rings is 1.